The Balaban J connectivity index is 1.28. The molecule has 0 saturated carbocycles. The van der Waals surface area contributed by atoms with Gasteiger partial charge in [0, 0.05) is 54.8 Å². The summed E-state index contributed by atoms with van der Waals surface area (Å²) in [5, 5.41) is 8.38. The third kappa shape index (κ3) is 4.45. The van der Waals surface area contributed by atoms with Gasteiger partial charge in [-0.2, -0.15) is 0 Å². The number of H-pyrrole nitrogens is 1. The second-order valence-electron chi connectivity index (χ2n) is 6.34. The number of benzene rings is 1. The SMILES string of the molecule is O=C(CSc1n[nH]c(-c2ccncc2)n1)N1CCN(c2cccc(Cl)c2)CC1. The van der Waals surface area contributed by atoms with Gasteiger partial charge in [-0.25, -0.2) is 4.98 Å². The maximum absolute atomic E-state index is 12.5. The Morgan fingerprint density at radius 3 is 2.68 bits per heavy atom. The van der Waals surface area contributed by atoms with E-state index in [4.69, 9.17) is 11.6 Å². The van der Waals surface area contributed by atoms with Gasteiger partial charge in [-0.05, 0) is 30.3 Å². The molecule has 1 amide bonds. The normalized spacial score (nSPS) is 14.3. The standard InChI is InChI=1S/C19H19ClN6OS/c20-15-2-1-3-16(12-15)25-8-10-26(11-9-25)17(27)13-28-19-22-18(23-24-19)14-4-6-21-7-5-14/h1-7,12H,8-11,13H2,(H,22,23,24). The van der Waals surface area contributed by atoms with E-state index >= 15 is 0 Å². The van der Waals surface area contributed by atoms with Gasteiger partial charge >= 0.3 is 0 Å². The predicted molar refractivity (Wildman–Crippen MR) is 111 cm³/mol. The highest BCUT2D eigenvalue weighted by Crippen LogP contribution is 2.22. The second kappa shape index (κ2) is 8.62. The van der Waals surface area contributed by atoms with Crippen molar-refractivity contribution in [3.05, 3.63) is 53.8 Å². The highest BCUT2D eigenvalue weighted by molar-refractivity contribution is 7.99. The molecule has 0 radical (unpaired) electrons. The molecule has 9 heteroatoms. The Bertz CT molecular complexity index is 942. The first-order valence-corrected chi connectivity index (χ1v) is 10.3. The summed E-state index contributed by atoms with van der Waals surface area (Å²) in [5.74, 6) is 1.10. The summed E-state index contributed by atoms with van der Waals surface area (Å²) in [6.07, 6.45) is 3.41. The number of aromatic amines is 1. The number of carbonyl (C=O) groups excluding carboxylic acids is 1. The summed E-state index contributed by atoms with van der Waals surface area (Å²) in [6.45, 7) is 2.98. The molecule has 1 aliphatic rings. The van der Waals surface area contributed by atoms with Crippen LogP contribution in [0.5, 0.6) is 0 Å². The van der Waals surface area contributed by atoms with Crippen molar-refractivity contribution in [1.29, 1.82) is 0 Å². The molecule has 1 saturated heterocycles. The lowest BCUT2D eigenvalue weighted by Crippen LogP contribution is -2.49. The number of thioether (sulfide) groups is 1. The molecule has 28 heavy (non-hydrogen) atoms. The number of halogens is 1. The molecule has 2 aromatic heterocycles. The molecule has 3 heterocycles. The van der Waals surface area contributed by atoms with Crippen LogP contribution >= 0.6 is 23.4 Å². The number of nitrogens with one attached hydrogen (secondary N) is 1. The van der Waals surface area contributed by atoms with Gasteiger partial charge in [0.05, 0.1) is 5.75 Å². The van der Waals surface area contributed by atoms with Gasteiger partial charge in [0.1, 0.15) is 0 Å². The molecule has 0 spiro atoms. The Kier molecular flexibility index (Phi) is 5.78. The van der Waals surface area contributed by atoms with Crippen molar-refractivity contribution in [2.75, 3.05) is 36.8 Å². The van der Waals surface area contributed by atoms with E-state index in [0.717, 1.165) is 29.4 Å². The van der Waals surface area contributed by atoms with Crippen LogP contribution < -0.4 is 4.90 Å². The van der Waals surface area contributed by atoms with Crippen LogP contribution in [0.3, 0.4) is 0 Å². The monoisotopic (exact) mass is 414 g/mol. The minimum Gasteiger partial charge on any atom is -0.368 e. The number of aromatic nitrogens is 4. The first-order chi connectivity index (χ1) is 13.7. The first-order valence-electron chi connectivity index (χ1n) is 8.93. The van der Waals surface area contributed by atoms with Crippen LogP contribution in [0.25, 0.3) is 11.4 Å². The van der Waals surface area contributed by atoms with Crippen LogP contribution in [-0.2, 0) is 4.79 Å². The molecular formula is C19H19ClN6OS. The van der Waals surface area contributed by atoms with Crippen LogP contribution in [0.2, 0.25) is 5.02 Å². The molecule has 0 aliphatic carbocycles. The number of pyridine rings is 1. The maximum atomic E-state index is 12.5. The van der Waals surface area contributed by atoms with E-state index < -0.39 is 0 Å². The molecule has 0 atom stereocenters. The van der Waals surface area contributed by atoms with Gasteiger partial charge < -0.3 is 9.80 Å². The number of hydrogen-bond acceptors (Lipinski definition) is 6. The maximum Gasteiger partial charge on any atom is 0.233 e. The van der Waals surface area contributed by atoms with Crippen LogP contribution in [0.4, 0.5) is 5.69 Å². The smallest absolute Gasteiger partial charge is 0.233 e. The zero-order chi connectivity index (χ0) is 19.3. The topological polar surface area (TPSA) is 78.0 Å². The lowest BCUT2D eigenvalue weighted by atomic mass is 10.2. The lowest BCUT2D eigenvalue weighted by molar-refractivity contribution is -0.128. The van der Waals surface area contributed by atoms with Gasteiger partial charge in [-0.3, -0.25) is 14.9 Å². The minimum atomic E-state index is 0.103. The summed E-state index contributed by atoms with van der Waals surface area (Å²) in [4.78, 5) is 25.1. The molecular weight excluding hydrogens is 396 g/mol. The Morgan fingerprint density at radius 1 is 1.14 bits per heavy atom. The minimum absolute atomic E-state index is 0.103. The number of piperazine rings is 1. The summed E-state index contributed by atoms with van der Waals surface area (Å²) in [5.41, 5.74) is 2.01. The van der Waals surface area contributed by atoms with Gasteiger partial charge in [0.25, 0.3) is 0 Å². The van der Waals surface area contributed by atoms with Crippen LogP contribution in [0.15, 0.2) is 53.9 Å². The highest BCUT2D eigenvalue weighted by Gasteiger charge is 2.22. The third-order valence-electron chi connectivity index (χ3n) is 4.55. The molecule has 0 unspecified atom stereocenters. The average Bonchev–Trinajstić information content (AvgIpc) is 3.22. The number of anilines is 1. The zero-order valence-electron chi connectivity index (χ0n) is 15.1. The van der Waals surface area contributed by atoms with Gasteiger partial charge in [-0.15, -0.1) is 5.10 Å². The van der Waals surface area contributed by atoms with Crippen molar-refractivity contribution in [3.63, 3.8) is 0 Å². The molecule has 3 aromatic rings. The third-order valence-corrected chi connectivity index (χ3v) is 5.62. The van der Waals surface area contributed by atoms with Crippen LogP contribution in [0.1, 0.15) is 0 Å². The number of rotatable bonds is 5. The quantitative estimate of drug-likeness (QED) is 0.647. The van der Waals surface area contributed by atoms with E-state index in [9.17, 15) is 4.79 Å². The largest absolute Gasteiger partial charge is 0.368 e. The summed E-state index contributed by atoms with van der Waals surface area (Å²) in [7, 11) is 0. The Morgan fingerprint density at radius 2 is 1.93 bits per heavy atom. The Hall–Kier alpha value is -2.58. The molecule has 4 rings (SSSR count). The Labute approximate surface area is 172 Å². The predicted octanol–water partition coefficient (Wildman–Crippen LogP) is 2.96. The fourth-order valence-corrected chi connectivity index (χ4v) is 3.94. The van der Waals surface area contributed by atoms with E-state index in [-0.39, 0.29) is 5.91 Å². The zero-order valence-corrected chi connectivity index (χ0v) is 16.7. The summed E-state index contributed by atoms with van der Waals surface area (Å²) < 4.78 is 0. The fourth-order valence-electron chi connectivity index (χ4n) is 3.05. The van der Waals surface area contributed by atoms with Crippen molar-refractivity contribution in [3.8, 4) is 11.4 Å². The molecule has 1 N–H and O–H groups in total. The fraction of sp³-hybridized carbons (Fsp3) is 0.263. The van der Waals surface area contributed by atoms with Crippen LogP contribution in [-0.4, -0.2) is 62.9 Å². The number of nitrogens with zero attached hydrogens (tertiary/aromatic N) is 5. The molecule has 1 aromatic carbocycles. The average molecular weight is 415 g/mol. The summed E-state index contributed by atoms with van der Waals surface area (Å²) >= 11 is 7.42. The number of hydrogen-bond donors (Lipinski definition) is 1. The second-order valence-corrected chi connectivity index (χ2v) is 7.72. The van der Waals surface area contributed by atoms with Gasteiger partial charge in [-0.1, -0.05) is 29.4 Å². The van der Waals surface area contributed by atoms with E-state index in [2.05, 4.69) is 25.1 Å². The molecule has 144 valence electrons. The van der Waals surface area contributed by atoms with Crippen LogP contribution in [0, 0.1) is 0 Å². The van der Waals surface area contributed by atoms with Crippen molar-refractivity contribution in [2.24, 2.45) is 0 Å². The van der Waals surface area contributed by atoms with Crippen molar-refractivity contribution < 1.29 is 4.79 Å². The van der Waals surface area contributed by atoms with E-state index in [1.165, 1.54) is 11.8 Å². The molecule has 1 aliphatic heterocycles. The molecule has 7 nitrogen and oxygen atoms in total. The van der Waals surface area contributed by atoms with Crippen molar-refractivity contribution in [2.45, 2.75) is 5.16 Å². The van der Waals surface area contributed by atoms with Gasteiger partial charge in [0.2, 0.25) is 11.1 Å². The molecule has 1 fully saturated rings. The van der Waals surface area contributed by atoms with E-state index in [1.54, 1.807) is 12.4 Å². The number of carbonyl (C=O) groups is 1. The summed E-state index contributed by atoms with van der Waals surface area (Å²) in [6, 6.07) is 11.5. The number of amides is 1. The highest BCUT2D eigenvalue weighted by atomic mass is 35.5. The van der Waals surface area contributed by atoms with Gasteiger partial charge in [0.15, 0.2) is 5.82 Å². The van der Waals surface area contributed by atoms with E-state index in [1.807, 2.05) is 41.3 Å². The van der Waals surface area contributed by atoms with Crippen molar-refractivity contribution >= 4 is 35.0 Å². The molecule has 0 bridgehead atoms. The first kappa shape index (κ1) is 18.8. The lowest BCUT2D eigenvalue weighted by Gasteiger charge is -2.36. The van der Waals surface area contributed by atoms with Crippen molar-refractivity contribution in [1.82, 2.24) is 25.1 Å². The van der Waals surface area contributed by atoms with E-state index in [0.29, 0.717) is 29.8 Å².